The van der Waals surface area contributed by atoms with E-state index in [9.17, 15) is 13.2 Å². The minimum Gasteiger partial charge on any atom is -0.335 e. The van der Waals surface area contributed by atoms with E-state index in [1.165, 1.54) is 18.2 Å². The van der Waals surface area contributed by atoms with Gasteiger partial charge in [-0.25, -0.2) is 8.42 Å². The first kappa shape index (κ1) is 22.3. The summed E-state index contributed by atoms with van der Waals surface area (Å²) in [6.07, 6.45) is 5.89. The Labute approximate surface area is 188 Å². The zero-order valence-electron chi connectivity index (χ0n) is 17.9. The van der Waals surface area contributed by atoms with Crippen molar-refractivity contribution >= 4 is 27.5 Å². The van der Waals surface area contributed by atoms with Crippen LogP contribution in [0, 0.1) is 0 Å². The van der Waals surface area contributed by atoms with Crippen molar-refractivity contribution in [3.05, 3.63) is 30.3 Å². The van der Waals surface area contributed by atoms with E-state index >= 15 is 0 Å². The number of nitrogens with zero attached hydrogens (tertiary/aromatic N) is 4. The second-order valence-corrected chi connectivity index (χ2v) is 11.5. The van der Waals surface area contributed by atoms with E-state index in [2.05, 4.69) is 10.2 Å². The van der Waals surface area contributed by atoms with E-state index < -0.39 is 9.84 Å². The van der Waals surface area contributed by atoms with Crippen molar-refractivity contribution in [2.24, 2.45) is 0 Å². The monoisotopic (exact) mass is 462 g/mol. The molecule has 168 valence electrons. The summed E-state index contributed by atoms with van der Waals surface area (Å²) < 4.78 is 26.2. The number of sulfone groups is 1. The number of carbonyl (C=O) groups is 1. The topological polar surface area (TPSA) is 85.2 Å². The maximum atomic E-state index is 13.3. The summed E-state index contributed by atoms with van der Waals surface area (Å²) >= 11 is 1.39. The van der Waals surface area contributed by atoms with Gasteiger partial charge in [0, 0.05) is 24.2 Å². The third-order valence-corrected chi connectivity index (χ3v) is 8.95. The zero-order valence-corrected chi connectivity index (χ0v) is 19.6. The predicted octanol–water partition coefficient (Wildman–Crippen LogP) is 3.41. The highest BCUT2D eigenvalue weighted by Gasteiger charge is 2.38. The Hall–Kier alpha value is -1.87. The first-order valence-corrected chi connectivity index (χ1v) is 13.9. The van der Waals surface area contributed by atoms with Crippen LogP contribution in [0.5, 0.6) is 0 Å². The van der Waals surface area contributed by atoms with Crippen molar-refractivity contribution in [2.75, 3.05) is 17.3 Å². The Morgan fingerprint density at radius 2 is 1.84 bits per heavy atom. The lowest BCUT2D eigenvalue weighted by Gasteiger charge is -2.38. The van der Waals surface area contributed by atoms with Crippen LogP contribution in [0.4, 0.5) is 0 Å². The standard InChI is InChI=1S/C22H30N4O3S2/c1-2-25-21(17-9-5-3-6-10-17)23-24-22(25)30-15-20(27)26(18-11-7-4-8-12-18)19-13-14-31(28,29)16-19/h3,5-6,9-10,18-19H,2,4,7-8,11-16H2,1H3/t19-/m0/s1. The number of hydrogen-bond acceptors (Lipinski definition) is 6. The van der Waals surface area contributed by atoms with Gasteiger partial charge in [0.15, 0.2) is 20.8 Å². The number of thioether (sulfide) groups is 1. The molecule has 1 atom stereocenters. The molecule has 1 saturated heterocycles. The molecule has 1 aliphatic carbocycles. The summed E-state index contributed by atoms with van der Waals surface area (Å²) in [5.41, 5.74) is 0.995. The molecule has 1 aromatic carbocycles. The molecule has 2 heterocycles. The molecule has 0 bridgehead atoms. The number of rotatable bonds is 7. The first-order chi connectivity index (χ1) is 15.0. The normalized spacial score (nSPS) is 21.3. The second kappa shape index (κ2) is 9.73. The van der Waals surface area contributed by atoms with Crippen LogP contribution in [-0.4, -0.2) is 63.3 Å². The largest absolute Gasteiger partial charge is 0.335 e. The molecule has 7 nitrogen and oxygen atoms in total. The lowest BCUT2D eigenvalue weighted by atomic mass is 9.93. The summed E-state index contributed by atoms with van der Waals surface area (Å²) in [5, 5.41) is 9.41. The van der Waals surface area contributed by atoms with Gasteiger partial charge in [0.1, 0.15) is 0 Å². The van der Waals surface area contributed by atoms with Gasteiger partial charge < -0.3 is 9.47 Å². The fourth-order valence-electron chi connectivity index (χ4n) is 4.74. The van der Waals surface area contributed by atoms with Gasteiger partial charge in [-0.1, -0.05) is 61.4 Å². The lowest BCUT2D eigenvalue weighted by Crippen LogP contribution is -2.49. The average molecular weight is 463 g/mol. The van der Waals surface area contributed by atoms with E-state index in [1.54, 1.807) is 0 Å². The molecule has 0 radical (unpaired) electrons. The highest BCUT2D eigenvalue weighted by molar-refractivity contribution is 7.99. The number of amides is 1. The van der Waals surface area contributed by atoms with Gasteiger partial charge in [-0.15, -0.1) is 10.2 Å². The Kier molecular flexibility index (Phi) is 7.01. The molecule has 1 amide bonds. The van der Waals surface area contributed by atoms with Crippen LogP contribution in [0.15, 0.2) is 35.5 Å². The van der Waals surface area contributed by atoms with Crippen molar-refractivity contribution < 1.29 is 13.2 Å². The number of benzene rings is 1. The highest BCUT2D eigenvalue weighted by Crippen LogP contribution is 2.30. The second-order valence-electron chi connectivity index (χ2n) is 8.35. The van der Waals surface area contributed by atoms with Gasteiger partial charge in [-0.3, -0.25) is 4.79 Å². The van der Waals surface area contributed by atoms with Crippen LogP contribution in [0.1, 0.15) is 45.4 Å². The Morgan fingerprint density at radius 1 is 1.10 bits per heavy atom. The minimum absolute atomic E-state index is 0.0194. The summed E-state index contributed by atoms with van der Waals surface area (Å²) in [4.78, 5) is 15.3. The van der Waals surface area contributed by atoms with Gasteiger partial charge in [0.05, 0.1) is 17.3 Å². The Morgan fingerprint density at radius 3 is 2.48 bits per heavy atom. The van der Waals surface area contributed by atoms with E-state index in [1.807, 2.05) is 46.7 Å². The van der Waals surface area contributed by atoms with Crippen LogP contribution in [0.3, 0.4) is 0 Å². The van der Waals surface area contributed by atoms with Gasteiger partial charge >= 0.3 is 0 Å². The smallest absolute Gasteiger partial charge is 0.233 e. The van der Waals surface area contributed by atoms with E-state index in [0.717, 1.165) is 42.2 Å². The molecule has 2 fully saturated rings. The highest BCUT2D eigenvalue weighted by atomic mass is 32.2. The molecule has 2 aliphatic rings. The molecule has 0 N–H and O–H groups in total. The van der Waals surface area contributed by atoms with Crippen molar-refractivity contribution in [3.63, 3.8) is 0 Å². The fourth-order valence-corrected chi connectivity index (χ4v) is 7.32. The molecular weight excluding hydrogens is 432 g/mol. The zero-order chi connectivity index (χ0) is 21.8. The minimum atomic E-state index is -3.04. The number of aromatic nitrogens is 3. The predicted molar refractivity (Wildman–Crippen MR) is 123 cm³/mol. The third kappa shape index (κ3) is 5.14. The molecule has 9 heteroatoms. The molecule has 4 rings (SSSR count). The maximum absolute atomic E-state index is 13.3. The lowest BCUT2D eigenvalue weighted by molar-refractivity contribution is -0.133. The van der Waals surface area contributed by atoms with Crippen LogP contribution < -0.4 is 0 Å². The number of carbonyl (C=O) groups excluding carboxylic acids is 1. The molecule has 1 aliphatic heterocycles. The van der Waals surface area contributed by atoms with E-state index in [0.29, 0.717) is 13.0 Å². The summed E-state index contributed by atoms with van der Waals surface area (Å²) in [6, 6.07) is 9.88. The van der Waals surface area contributed by atoms with Gasteiger partial charge in [0.25, 0.3) is 0 Å². The van der Waals surface area contributed by atoms with Gasteiger partial charge in [0.2, 0.25) is 5.91 Å². The van der Waals surface area contributed by atoms with Crippen molar-refractivity contribution in [3.8, 4) is 11.4 Å². The number of hydrogen-bond donors (Lipinski definition) is 0. The molecule has 1 aromatic heterocycles. The quantitative estimate of drug-likeness (QED) is 0.586. The van der Waals surface area contributed by atoms with Crippen LogP contribution >= 0.6 is 11.8 Å². The molecular formula is C22H30N4O3S2. The van der Waals surface area contributed by atoms with Crippen molar-refractivity contribution in [1.82, 2.24) is 19.7 Å². The molecule has 0 unspecified atom stereocenters. The molecule has 1 saturated carbocycles. The average Bonchev–Trinajstić information content (AvgIpc) is 3.36. The molecule has 31 heavy (non-hydrogen) atoms. The summed E-state index contributed by atoms with van der Waals surface area (Å²) in [7, 11) is -3.04. The van der Waals surface area contributed by atoms with Crippen LogP contribution in [0.25, 0.3) is 11.4 Å². The van der Waals surface area contributed by atoms with Crippen LogP contribution in [0.2, 0.25) is 0 Å². The van der Waals surface area contributed by atoms with Crippen molar-refractivity contribution in [1.29, 1.82) is 0 Å². The van der Waals surface area contributed by atoms with Gasteiger partial charge in [-0.05, 0) is 26.2 Å². The Bertz CT molecular complexity index is 1000. The fraction of sp³-hybridized carbons (Fsp3) is 0.591. The summed E-state index contributed by atoms with van der Waals surface area (Å²) in [6.45, 7) is 2.75. The van der Waals surface area contributed by atoms with Crippen LogP contribution in [-0.2, 0) is 21.2 Å². The van der Waals surface area contributed by atoms with E-state index in [4.69, 9.17) is 0 Å². The molecule has 0 spiro atoms. The Balaban J connectivity index is 1.50. The van der Waals surface area contributed by atoms with Crippen molar-refractivity contribution in [2.45, 2.75) is 69.2 Å². The third-order valence-electron chi connectivity index (χ3n) is 6.25. The first-order valence-electron chi connectivity index (χ1n) is 11.1. The summed E-state index contributed by atoms with van der Waals surface area (Å²) in [5.74, 6) is 1.35. The maximum Gasteiger partial charge on any atom is 0.233 e. The van der Waals surface area contributed by atoms with E-state index in [-0.39, 0.29) is 35.2 Å². The van der Waals surface area contributed by atoms with Gasteiger partial charge in [-0.2, -0.15) is 0 Å². The molecule has 2 aromatic rings. The SMILES string of the molecule is CCn1c(SCC(=O)N(C2CCCCC2)[C@H]2CCS(=O)(=O)C2)nnc1-c1ccccc1.